The van der Waals surface area contributed by atoms with Crippen molar-refractivity contribution in [1.82, 2.24) is 9.97 Å². The summed E-state index contributed by atoms with van der Waals surface area (Å²) in [6.07, 6.45) is 1.07. The van der Waals surface area contributed by atoms with Gasteiger partial charge in [-0.3, -0.25) is 9.59 Å². The Morgan fingerprint density at radius 1 is 0.967 bits per heavy atom. The number of halogens is 3. The van der Waals surface area contributed by atoms with Gasteiger partial charge in [0.15, 0.2) is 0 Å². The van der Waals surface area contributed by atoms with Crippen molar-refractivity contribution in [3.8, 4) is 0 Å². The van der Waals surface area contributed by atoms with E-state index in [-0.39, 0.29) is 5.56 Å². The van der Waals surface area contributed by atoms with Crippen LogP contribution in [0, 0.1) is 0 Å². The van der Waals surface area contributed by atoms with Crippen LogP contribution < -0.4 is 10.6 Å². The molecule has 1 aromatic heterocycles. The summed E-state index contributed by atoms with van der Waals surface area (Å²) in [5.41, 5.74) is -0.0398. The first-order chi connectivity index (χ1) is 14.3. The summed E-state index contributed by atoms with van der Waals surface area (Å²) >= 11 is 0. The molecule has 3 rings (SSSR count). The summed E-state index contributed by atoms with van der Waals surface area (Å²) in [5.74, 6) is -0.738. The van der Waals surface area contributed by atoms with Gasteiger partial charge in [0.1, 0.15) is 12.1 Å². The lowest BCUT2D eigenvalue weighted by Crippen LogP contribution is -2.14. The van der Waals surface area contributed by atoms with E-state index in [1.165, 1.54) is 42.9 Å². The third kappa shape index (κ3) is 5.74. The summed E-state index contributed by atoms with van der Waals surface area (Å²) in [7, 11) is 0. The van der Waals surface area contributed by atoms with Gasteiger partial charge in [-0.05, 0) is 48.0 Å². The van der Waals surface area contributed by atoms with Gasteiger partial charge in [0.25, 0.3) is 5.91 Å². The Morgan fingerprint density at radius 3 is 2.50 bits per heavy atom. The number of aromatic nitrogens is 2. The Balaban J connectivity index is 1.67. The maximum absolute atomic E-state index is 12.8. The number of nitrogens with zero attached hydrogens (tertiary/aromatic N) is 2. The zero-order chi connectivity index (χ0) is 21.6. The van der Waals surface area contributed by atoms with E-state index in [1.54, 1.807) is 24.3 Å². The lowest BCUT2D eigenvalue weighted by atomic mass is 10.1. The predicted octanol–water partition coefficient (Wildman–Crippen LogP) is 4.40. The zero-order valence-corrected chi connectivity index (χ0v) is 15.4. The fourth-order valence-corrected chi connectivity index (χ4v) is 2.46. The van der Waals surface area contributed by atoms with E-state index in [4.69, 9.17) is 0 Å². The molecular weight excluding hydrogens is 397 g/mol. The van der Waals surface area contributed by atoms with E-state index in [2.05, 4.69) is 20.6 Å². The average Bonchev–Trinajstić information content (AvgIpc) is 2.73. The Hall–Kier alpha value is -4.01. The lowest BCUT2D eigenvalue weighted by Gasteiger charge is -2.09. The molecule has 6 nitrogen and oxygen atoms in total. The molecule has 9 heteroatoms. The second-order valence-corrected chi connectivity index (χ2v) is 6.08. The number of nitrogens with one attached hydrogen (secondary N) is 2. The van der Waals surface area contributed by atoms with E-state index in [1.807, 2.05) is 0 Å². The highest BCUT2D eigenvalue weighted by molar-refractivity contribution is 6.04. The van der Waals surface area contributed by atoms with Crippen LogP contribution >= 0.6 is 0 Å². The minimum absolute atomic E-state index is 0.116. The minimum atomic E-state index is -4.53. The van der Waals surface area contributed by atoms with E-state index < -0.39 is 23.6 Å². The Morgan fingerprint density at radius 2 is 1.77 bits per heavy atom. The molecule has 0 fully saturated rings. The van der Waals surface area contributed by atoms with Gasteiger partial charge in [-0.1, -0.05) is 18.2 Å². The number of hydrogen-bond acceptors (Lipinski definition) is 4. The van der Waals surface area contributed by atoms with Crippen molar-refractivity contribution in [1.29, 1.82) is 0 Å². The topological polar surface area (TPSA) is 84.0 Å². The molecular formula is C21H15F3N4O2. The van der Waals surface area contributed by atoms with E-state index in [0.29, 0.717) is 17.1 Å². The molecule has 0 unspecified atom stereocenters. The molecule has 1 heterocycles. The molecule has 0 atom stereocenters. The van der Waals surface area contributed by atoms with Crippen LogP contribution in [0.25, 0.3) is 6.08 Å². The molecule has 0 bridgehead atoms. The van der Waals surface area contributed by atoms with Crippen LogP contribution in [0.4, 0.5) is 24.7 Å². The van der Waals surface area contributed by atoms with Crippen molar-refractivity contribution in [2.45, 2.75) is 6.18 Å². The van der Waals surface area contributed by atoms with Crippen molar-refractivity contribution in [2.75, 3.05) is 10.6 Å². The second kappa shape index (κ2) is 8.99. The van der Waals surface area contributed by atoms with E-state index in [0.717, 1.165) is 12.1 Å². The fraction of sp³-hybridized carbons (Fsp3) is 0.0476. The fourth-order valence-electron chi connectivity index (χ4n) is 2.46. The van der Waals surface area contributed by atoms with Gasteiger partial charge in [-0.2, -0.15) is 13.2 Å². The van der Waals surface area contributed by atoms with Crippen molar-refractivity contribution in [3.63, 3.8) is 0 Å². The molecule has 2 amide bonds. The molecule has 0 aliphatic carbocycles. The highest BCUT2D eigenvalue weighted by Crippen LogP contribution is 2.29. The number of anilines is 2. The first-order valence-electron chi connectivity index (χ1n) is 8.65. The maximum Gasteiger partial charge on any atom is 0.416 e. The van der Waals surface area contributed by atoms with Gasteiger partial charge in [0.05, 0.1) is 5.56 Å². The van der Waals surface area contributed by atoms with E-state index >= 15 is 0 Å². The summed E-state index contributed by atoms with van der Waals surface area (Å²) < 4.78 is 38.5. The lowest BCUT2D eigenvalue weighted by molar-refractivity contribution is -0.137. The molecule has 2 aromatic carbocycles. The normalized spacial score (nSPS) is 11.3. The summed E-state index contributed by atoms with van der Waals surface area (Å²) in [5, 5.41) is 5.11. The van der Waals surface area contributed by atoms with Gasteiger partial charge >= 0.3 is 6.18 Å². The molecule has 3 aromatic rings. The predicted molar refractivity (Wildman–Crippen MR) is 106 cm³/mol. The molecule has 0 aliphatic rings. The van der Waals surface area contributed by atoms with Crippen molar-refractivity contribution in [2.24, 2.45) is 0 Å². The first kappa shape index (κ1) is 20.7. The summed E-state index contributed by atoms with van der Waals surface area (Å²) in [6, 6.07) is 12.2. The average molecular weight is 412 g/mol. The molecule has 2 N–H and O–H groups in total. The van der Waals surface area contributed by atoms with Gasteiger partial charge in [0, 0.05) is 23.5 Å². The standard InChI is InChI=1S/C21H15F3N4O2/c22-21(23,24)16-5-2-4-15(12-16)20(30)27-17-6-1-3-14(11-17)7-8-19(29)28-18-9-10-25-13-26-18/h1-13H,(H,27,30)(H,25,26,28,29)/b8-7+. The number of carbonyl (C=O) groups excluding carboxylic acids is 2. The molecule has 0 saturated carbocycles. The number of alkyl halides is 3. The smallest absolute Gasteiger partial charge is 0.322 e. The van der Waals surface area contributed by atoms with Gasteiger partial charge in [-0.25, -0.2) is 9.97 Å². The molecule has 0 saturated heterocycles. The Kier molecular flexibility index (Phi) is 6.21. The van der Waals surface area contributed by atoms with Crippen LogP contribution in [0.5, 0.6) is 0 Å². The van der Waals surface area contributed by atoms with Crippen LogP contribution in [0.1, 0.15) is 21.5 Å². The van der Waals surface area contributed by atoms with Gasteiger partial charge in [-0.15, -0.1) is 0 Å². The SMILES string of the molecule is O=C(/C=C/c1cccc(NC(=O)c2cccc(C(F)(F)F)c2)c1)Nc1ccncn1. The molecule has 0 radical (unpaired) electrons. The monoisotopic (exact) mass is 412 g/mol. The summed E-state index contributed by atoms with van der Waals surface area (Å²) in [4.78, 5) is 31.9. The molecule has 0 spiro atoms. The van der Waals surface area contributed by atoms with Crippen LogP contribution in [-0.4, -0.2) is 21.8 Å². The Bertz CT molecular complexity index is 1080. The van der Waals surface area contributed by atoms with Crippen molar-refractivity contribution < 1.29 is 22.8 Å². The quantitative estimate of drug-likeness (QED) is 0.609. The zero-order valence-electron chi connectivity index (χ0n) is 15.4. The first-order valence-corrected chi connectivity index (χ1v) is 8.65. The largest absolute Gasteiger partial charge is 0.416 e. The molecule has 152 valence electrons. The minimum Gasteiger partial charge on any atom is -0.322 e. The highest BCUT2D eigenvalue weighted by Gasteiger charge is 2.30. The van der Waals surface area contributed by atoms with Crippen LogP contribution in [-0.2, 0) is 11.0 Å². The maximum atomic E-state index is 12.8. The molecule has 0 aliphatic heterocycles. The summed E-state index contributed by atoms with van der Waals surface area (Å²) in [6.45, 7) is 0. The number of hydrogen-bond donors (Lipinski definition) is 2. The van der Waals surface area contributed by atoms with Gasteiger partial charge < -0.3 is 10.6 Å². The number of rotatable bonds is 5. The third-order valence-corrected chi connectivity index (χ3v) is 3.86. The van der Waals surface area contributed by atoms with Crippen LogP contribution in [0.3, 0.4) is 0 Å². The van der Waals surface area contributed by atoms with Crippen LogP contribution in [0.2, 0.25) is 0 Å². The van der Waals surface area contributed by atoms with Crippen molar-refractivity contribution >= 4 is 29.4 Å². The highest BCUT2D eigenvalue weighted by atomic mass is 19.4. The van der Waals surface area contributed by atoms with E-state index in [9.17, 15) is 22.8 Å². The van der Waals surface area contributed by atoms with Gasteiger partial charge in [0.2, 0.25) is 5.91 Å². The third-order valence-electron chi connectivity index (χ3n) is 3.86. The second-order valence-electron chi connectivity index (χ2n) is 6.08. The number of benzene rings is 2. The molecule has 30 heavy (non-hydrogen) atoms. The number of amides is 2. The van der Waals surface area contributed by atoms with Crippen molar-refractivity contribution in [3.05, 3.63) is 89.9 Å². The number of carbonyl (C=O) groups is 2. The van der Waals surface area contributed by atoms with Crippen LogP contribution in [0.15, 0.2) is 73.2 Å². The Labute approximate surface area is 169 Å².